The molecule has 2 rings (SSSR count). The van der Waals surface area contributed by atoms with Crippen molar-refractivity contribution in [1.82, 2.24) is 10.6 Å². The number of thiophene rings is 1. The van der Waals surface area contributed by atoms with Gasteiger partial charge in [0.2, 0.25) is 5.91 Å². The summed E-state index contributed by atoms with van der Waals surface area (Å²) in [6.07, 6.45) is 3.39. The van der Waals surface area contributed by atoms with Crippen LogP contribution in [0.4, 0.5) is 0 Å². The van der Waals surface area contributed by atoms with Crippen LogP contribution in [0.2, 0.25) is 0 Å². The highest BCUT2D eigenvalue weighted by Gasteiger charge is 2.20. The summed E-state index contributed by atoms with van der Waals surface area (Å²) in [7, 11) is 0. The Hall–Kier alpha value is -1.40. The Morgan fingerprint density at radius 2 is 2.14 bits per heavy atom. The van der Waals surface area contributed by atoms with Gasteiger partial charge >= 0.3 is 0 Å². The zero-order valence-electron chi connectivity index (χ0n) is 12.3. The maximum absolute atomic E-state index is 11.7. The summed E-state index contributed by atoms with van der Waals surface area (Å²) < 4.78 is 5.48. The van der Waals surface area contributed by atoms with E-state index >= 15 is 0 Å². The second kappa shape index (κ2) is 8.14. The highest BCUT2D eigenvalue weighted by molar-refractivity contribution is 7.13. The molecule has 0 aliphatic heterocycles. The molecule has 116 valence electrons. The lowest BCUT2D eigenvalue weighted by molar-refractivity contribution is -0.120. The van der Waals surface area contributed by atoms with Crippen LogP contribution in [0.15, 0.2) is 12.1 Å². The molecule has 6 heteroatoms. The summed E-state index contributed by atoms with van der Waals surface area (Å²) in [6, 6.07) is 3.66. The first-order chi connectivity index (χ1) is 10.1. The molecule has 1 aromatic rings. The monoisotopic (exact) mass is 310 g/mol. The fraction of sp³-hybridized carbons (Fsp3) is 0.600. The van der Waals surface area contributed by atoms with Gasteiger partial charge < -0.3 is 15.4 Å². The van der Waals surface area contributed by atoms with Crippen LogP contribution < -0.4 is 10.6 Å². The number of hydrogen-bond acceptors (Lipinski definition) is 4. The quantitative estimate of drug-likeness (QED) is 0.683. The Balaban J connectivity index is 1.49. The van der Waals surface area contributed by atoms with Crippen LogP contribution in [0, 0.1) is 12.8 Å². The molecule has 1 aromatic heterocycles. The van der Waals surface area contributed by atoms with Crippen molar-refractivity contribution in [2.24, 2.45) is 5.92 Å². The molecule has 0 aromatic carbocycles. The Labute approximate surface area is 129 Å². The molecule has 1 saturated carbocycles. The first-order valence-corrected chi connectivity index (χ1v) is 8.16. The third-order valence-electron chi connectivity index (χ3n) is 3.21. The first kappa shape index (κ1) is 16.0. The minimum atomic E-state index is -0.198. The van der Waals surface area contributed by atoms with E-state index in [0.717, 1.165) is 23.8 Å². The van der Waals surface area contributed by atoms with Crippen molar-refractivity contribution in [3.63, 3.8) is 0 Å². The van der Waals surface area contributed by atoms with E-state index in [1.54, 1.807) is 6.07 Å². The fourth-order valence-electron chi connectivity index (χ4n) is 1.80. The number of aryl methyl sites for hydroxylation is 1. The van der Waals surface area contributed by atoms with Crippen LogP contribution in [-0.4, -0.2) is 38.1 Å². The van der Waals surface area contributed by atoms with Crippen molar-refractivity contribution in [3.05, 3.63) is 21.9 Å². The lowest BCUT2D eigenvalue weighted by Crippen LogP contribution is -2.37. The molecule has 0 radical (unpaired) electrons. The molecule has 0 spiro atoms. The van der Waals surface area contributed by atoms with E-state index in [2.05, 4.69) is 10.6 Å². The van der Waals surface area contributed by atoms with Gasteiger partial charge in [0, 0.05) is 24.6 Å². The summed E-state index contributed by atoms with van der Waals surface area (Å²) in [6.45, 7) is 4.07. The average Bonchev–Trinajstić information content (AvgIpc) is 3.19. The SMILES string of the molecule is Cc1ccc(C(=O)NCC(=O)NCCCOCC2CC2)s1. The molecule has 1 fully saturated rings. The summed E-state index contributed by atoms with van der Waals surface area (Å²) in [4.78, 5) is 25.0. The predicted octanol–water partition coefficient (Wildman–Crippen LogP) is 1.72. The van der Waals surface area contributed by atoms with Crippen molar-refractivity contribution in [1.29, 1.82) is 0 Å². The average molecular weight is 310 g/mol. The smallest absolute Gasteiger partial charge is 0.261 e. The Kier molecular flexibility index (Phi) is 6.20. The zero-order valence-corrected chi connectivity index (χ0v) is 13.1. The van der Waals surface area contributed by atoms with Crippen LogP contribution in [0.1, 0.15) is 33.8 Å². The molecule has 0 unspecified atom stereocenters. The molecule has 2 N–H and O–H groups in total. The third-order valence-corrected chi connectivity index (χ3v) is 4.21. The van der Waals surface area contributed by atoms with E-state index in [1.165, 1.54) is 24.2 Å². The summed E-state index contributed by atoms with van der Waals surface area (Å²) in [5, 5.41) is 5.38. The van der Waals surface area contributed by atoms with Gasteiger partial charge in [-0.25, -0.2) is 0 Å². The number of ether oxygens (including phenoxy) is 1. The molecule has 0 bridgehead atoms. The number of hydrogen-bond donors (Lipinski definition) is 2. The van der Waals surface area contributed by atoms with E-state index in [9.17, 15) is 9.59 Å². The zero-order chi connectivity index (χ0) is 15.1. The van der Waals surface area contributed by atoms with Crippen molar-refractivity contribution < 1.29 is 14.3 Å². The second-order valence-electron chi connectivity index (χ2n) is 5.31. The Morgan fingerprint density at radius 3 is 2.81 bits per heavy atom. The van der Waals surface area contributed by atoms with E-state index in [0.29, 0.717) is 18.0 Å². The standard InChI is InChI=1S/C15H22N2O3S/c1-11-3-6-13(21-11)15(19)17-9-14(18)16-7-2-8-20-10-12-4-5-12/h3,6,12H,2,4-5,7-10H2,1H3,(H,16,18)(H,17,19). The predicted molar refractivity (Wildman–Crippen MR) is 82.6 cm³/mol. The maximum Gasteiger partial charge on any atom is 0.261 e. The molecular weight excluding hydrogens is 288 g/mol. The fourth-order valence-corrected chi connectivity index (χ4v) is 2.59. The molecule has 5 nitrogen and oxygen atoms in total. The highest BCUT2D eigenvalue weighted by Crippen LogP contribution is 2.28. The van der Waals surface area contributed by atoms with Gasteiger partial charge in [-0.1, -0.05) is 0 Å². The van der Waals surface area contributed by atoms with E-state index in [1.807, 2.05) is 13.0 Å². The van der Waals surface area contributed by atoms with Gasteiger partial charge in [0.15, 0.2) is 0 Å². The van der Waals surface area contributed by atoms with Gasteiger partial charge in [-0.05, 0) is 44.2 Å². The van der Waals surface area contributed by atoms with Crippen molar-refractivity contribution >= 4 is 23.2 Å². The van der Waals surface area contributed by atoms with E-state index < -0.39 is 0 Å². The lowest BCUT2D eigenvalue weighted by Gasteiger charge is -2.06. The molecule has 1 aliphatic carbocycles. The molecule has 1 aliphatic rings. The molecule has 21 heavy (non-hydrogen) atoms. The molecule has 0 saturated heterocycles. The van der Waals surface area contributed by atoms with Crippen LogP contribution in [0.25, 0.3) is 0 Å². The maximum atomic E-state index is 11.7. The van der Waals surface area contributed by atoms with Crippen LogP contribution in [-0.2, 0) is 9.53 Å². The number of nitrogens with one attached hydrogen (secondary N) is 2. The van der Waals surface area contributed by atoms with Gasteiger partial charge in [-0.2, -0.15) is 0 Å². The minimum absolute atomic E-state index is 0.0126. The van der Waals surface area contributed by atoms with Crippen LogP contribution in [0.5, 0.6) is 0 Å². The molecule has 2 amide bonds. The van der Waals surface area contributed by atoms with Crippen molar-refractivity contribution in [2.45, 2.75) is 26.2 Å². The molecule has 1 heterocycles. The molecular formula is C15H22N2O3S. The minimum Gasteiger partial charge on any atom is -0.381 e. The van der Waals surface area contributed by atoms with E-state index in [-0.39, 0.29) is 18.4 Å². The summed E-state index contributed by atoms with van der Waals surface area (Å²) in [5.74, 6) is 0.408. The largest absolute Gasteiger partial charge is 0.381 e. The van der Waals surface area contributed by atoms with Crippen molar-refractivity contribution in [2.75, 3.05) is 26.3 Å². The number of amides is 2. The van der Waals surface area contributed by atoms with Crippen molar-refractivity contribution in [3.8, 4) is 0 Å². The topological polar surface area (TPSA) is 67.4 Å². The van der Waals surface area contributed by atoms with Crippen LogP contribution >= 0.6 is 11.3 Å². The van der Waals surface area contributed by atoms with Gasteiger partial charge in [-0.3, -0.25) is 9.59 Å². The van der Waals surface area contributed by atoms with Gasteiger partial charge in [0.05, 0.1) is 11.4 Å². The number of carbonyl (C=O) groups is 2. The number of rotatable bonds is 9. The van der Waals surface area contributed by atoms with Crippen LogP contribution in [0.3, 0.4) is 0 Å². The second-order valence-corrected chi connectivity index (χ2v) is 6.60. The summed E-state index contributed by atoms with van der Waals surface area (Å²) >= 11 is 1.42. The van der Waals surface area contributed by atoms with Gasteiger partial charge in [0.1, 0.15) is 0 Å². The highest BCUT2D eigenvalue weighted by atomic mass is 32.1. The normalized spacial score (nSPS) is 14.0. The molecule has 0 atom stereocenters. The van der Waals surface area contributed by atoms with E-state index in [4.69, 9.17) is 4.74 Å². The third kappa shape index (κ3) is 6.27. The Morgan fingerprint density at radius 1 is 1.33 bits per heavy atom. The number of carbonyl (C=O) groups excluding carboxylic acids is 2. The van der Waals surface area contributed by atoms with Gasteiger partial charge in [0.25, 0.3) is 5.91 Å². The van der Waals surface area contributed by atoms with Gasteiger partial charge in [-0.15, -0.1) is 11.3 Å². The summed E-state index contributed by atoms with van der Waals surface area (Å²) in [5.41, 5.74) is 0. The Bertz CT molecular complexity index is 483. The first-order valence-electron chi connectivity index (χ1n) is 7.34. The lowest BCUT2D eigenvalue weighted by atomic mass is 10.4.